The number of carbonyl (C=O) groups is 2. The number of hydrogen-bond acceptors (Lipinski definition) is 6. The number of rotatable bonds is 4. The fraction of sp³-hybridized carbons (Fsp3) is 0.857. The molecule has 0 radical (unpaired) electrons. The quantitative estimate of drug-likeness (QED) is 0.677. The van der Waals surface area contributed by atoms with Crippen LogP contribution in [0.1, 0.15) is 12.8 Å². The van der Waals surface area contributed by atoms with Crippen LogP contribution < -0.4 is 0 Å². The van der Waals surface area contributed by atoms with Gasteiger partial charge in [-0.05, 0) is 12.8 Å². The van der Waals surface area contributed by atoms with Gasteiger partial charge in [-0.1, -0.05) is 0 Å². The second-order valence-corrected chi connectivity index (χ2v) is 5.59. The summed E-state index contributed by atoms with van der Waals surface area (Å²) >= 11 is 0. The minimum Gasteiger partial charge on any atom is -0.469 e. The first-order chi connectivity index (χ1) is 10.1. The molecule has 120 valence electrons. The number of hydrogen-bond donors (Lipinski definition) is 1. The van der Waals surface area contributed by atoms with E-state index in [9.17, 15) is 9.59 Å². The SMILES string of the molecule is COC(=O)C1CCN(C(=O)CN2CCOC(CO)C2)CC1. The Morgan fingerprint density at radius 1 is 1.29 bits per heavy atom. The van der Waals surface area contributed by atoms with Crippen LogP contribution in [0.3, 0.4) is 0 Å². The van der Waals surface area contributed by atoms with Gasteiger partial charge in [0.2, 0.25) is 5.91 Å². The Morgan fingerprint density at radius 3 is 2.62 bits per heavy atom. The van der Waals surface area contributed by atoms with Crippen LogP contribution in [0.5, 0.6) is 0 Å². The normalized spacial score (nSPS) is 24.9. The van der Waals surface area contributed by atoms with E-state index in [1.54, 1.807) is 0 Å². The number of aliphatic hydroxyl groups is 1. The van der Waals surface area contributed by atoms with E-state index in [2.05, 4.69) is 0 Å². The molecule has 0 saturated carbocycles. The summed E-state index contributed by atoms with van der Waals surface area (Å²) in [5, 5.41) is 9.11. The number of nitrogens with zero attached hydrogens (tertiary/aromatic N) is 2. The van der Waals surface area contributed by atoms with E-state index in [-0.39, 0.29) is 30.5 Å². The molecule has 1 amide bonds. The summed E-state index contributed by atoms with van der Waals surface area (Å²) in [6.07, 6.45) is 1.14. The van der Waals surface area contributed by atoms with Crippen LogP contribution >= 0.6 is 0 Å². The Kier molecular flexibility index (Phi) is 5.96. The Labute approximate surface area is 124 Å². The molecule has 2 aliphatic heterocycles. The molecule has 2 rings (SSSR count). The van der Waals surface area contributed by atoms with Crippen LogP contribution in [0.25, 0.3) is 0 Å². The third-order valence-corrected chi connectivity index (χ3v) is 4.17. The van der Waals surface area contributed by atoms with Crippen molar-refractivity contribution < 1.29 is 24.2 Å². The lowest BCUT2D eigenvalue weighted by Gasteiger charge is -2.35. The van der Waals surface area contributed by atoms with Crippen molar-refractivity contribution in [2.24, 2.45) is 5.92 Å². The van der Waals surface area contributed by atoms with Gasteiger partial charge in [-0.3, -0.25) is 14.5 Å². The van der Waals surface area contributed by atoms with E-state index in [0.717, 1.165) is 0 Å². The van der Waals surface area contributed by atoms with Gasteiger partial charge >= 0.3 is 5.97 Å². The average Bonchev–Trinajstić information content (AvgIpc) is 2.54. The maximum atomic E-state index is 12.3. The molecular formula is C14H24N2O5. The molecule has 21 heavy (non-hydrogen) atoms. The molecule has 1 N–H and O–H groups in total. The van der Waals surface area contributed by atoms with Gasteiger partial charge in [-0.15, -0.1) is 0 Å². The molecule has 0 aromatic carbocycles. The summed E-state index contributed by atoms with van der Waals surface area (Å²) in [6.45, 7) is 3.38. The Morgan fingerprint density at radius 2 is 2.00 bits per heavy atom. The number of piperidine rings is 1. The van der Waals surface area contributed by atoms with Gasteiger partial charge in [-0.25, -0.2) is 0 Å². The molecule has 2 saturated heterocycles. The Hall–Kier alpha value is -1.18. The van der Waals surface area contributed by atoms with E-state index in [1.165, 1.54) is 7.11 Å². The molecule has 0 spiro atoms. The second-order valence-electron chi connectivity index (χ2n) is 5.59. The molecule has 7 heteroatoms. The highest BCUT2D eigenvalue weighted by Gasteiger charge is 2.29. The Balaban J connectivity index is 1.75. The van der Waals surface area contributed by atoms with Crippen molar-refractivity contribution in [1.29, 1.82) is 0 Å². The Bertz CT molecular complexity index is 368. The van der Waals surface area contributed by atoms with Gasteiger partial charge in [0, 0.05) is 26.2 Å². The smallest absolute Gasteiger partial charge is 0.308 e. The first-order valence-corrected chi connectivity index (χ1v) is 7.44. The van der Waals surface area contributed by atoms with Crippen LogP contribution in [0.15, 0.2) is 0 Å². The van der Waals surface area contributed by atoms with Crippen LogP contribution in [0.4, 0.5) is 0 Å². The summed E-state index contributed by atoms with van der Waals surface area (Å²) in [7, 11) is 1.40. The van der Waals surface area contributed by atoms with Gasteiger partial charge in [0.25, 0.3) is 0 Å². The topological polar surface area (TPSA) is 79.3 Å². The minimum absolute atomic E-state index is 0.0186. The molecule has 7 nitrogen and oxygen atoms in total. The molecule has 0 bridgehead atoms. The van der Waals surface area contributed by atoms with Crippen molar-refractivity contribution >= 4 is 11.9 Å². The number of aliphatic hydroxyl groups excluding tert-OH is 1. The molecule has 0 aromatic heterocycles. The van der Waals surface area contributed by atoms with E-state index in [4.69, 9.17) is 14.6 Å². The summed E-state index contributed by atoms with van der Waals surface area (Å²) in [5.41, 5.74) is 0. The zero-order valence-corrected chi connectivity index (χ0v) is 12.5. The fourth-order valence-electron chi connectivity index (χ4n) is 2.86. The van der Waals surface area contributed by atoms with Crippen molar-refractivity contribution in [2.75, 3.05) is 53.0 Å². The average molecular weight is 300 g/mol. The lowest BCUT2D eigenvalue weighted by atomic mass is 9.97. The number of carbonyl (C=O) groups excluding carboxylic acids is 2. The van der Waals surface area contributed by atoms with Gasteiger partial charge in [0.1, 0.15) is 0 Å². The highest BCUT2D eigenvalue weighted by molar-refractivity contribution is 5.79. The summed E-state index contributed by atoms with van der Waals surface area (Å²) in [4.78, 5) is 27.6. The molecular weight excluding hydrogens is 276 g/mol. The number of ether oxygens (including phenoxy) is 2. The van der Waals surface area contributed by atoms with Gasteiger partial charge in [0.15, 0.2) is 0 Å². The van der Waals surface area contributed by atoms with Crippen molar-refractivity contribution in [3.8, 4) is 0 Å². The van der Waals surface area contributed by atoms with Gasteiger partial charge in [-0.2, -0.15) is 0 Å². The molecule has 1 unspecified atom stereocenters. The number of esters is 1. The number of likely N-dealkylation sites (tertiary alicyclic amines) is 1. The molecule has 0 aromatic rings. The van der Waals surface area contributed by atoms with Crippen LogP contribution in [-0.4, -0.2) is 85.9 Å². The molecule has 1 atom stereocenters. The zero-order chi connectivity index (χ0) is 15.2. The van der Waals surface area contributed by atoms with E-state index >= 15 is 0 Å². The van der Waals surface area contributed by atoms with Gasteiger partial charge < -0.3 is 19.5 Å². The van der Waals surface area contributed by atoms with E-state index in [0.29, 0.717) is 52.2 Å². The summed E-state index contributed by atoms with van der Waals surface area (Å²) < 4.78 is 10.1. The third-order valence-electron chi connectivity index (χ3n) is 4.17. The summed E-state index contributed by atoms with van der Waals surface area (Å²) in [6, 6.07) is 0. The maximum absolute atomic E-state index is 12.3. The molecule has 2 fully saturated rings. The van der Waals surface area contributed by atoms with Crippen LogP contribution in [0.2, 0.25) is 0 Å². The molecule has 2 heterocycles. The highest BCUT2D eigenvalue weighted by Crippen LogP contribution is 2.18. The van der Waals surface area contributed by atoms with Crippen molar-refractivity contribution in [3.63, 3.8) is 0 Å². The van der Waals surface area contributed by atoms with Gasteiger partial charge in [0.05, 0.1) is 38.9 Å². The minimum atomic E-state index is -0.198. The lowest BCUT2D eigenvalue weighted by Crippen LogP contribution is -2.50. The van der Waals surface area contributed by atoms with Crippen molar-refractivity contribution in [1.82, 2.24) is 9.80 Å². The van der Waals surface area contributed by atoms with Crippen LogP contribution in [0, 0.1) is 5.92 Å². The first kappa shape index (κ1) is 16.2. The lowest BCUT2D eigenvalue weighted by molar-refractivity contribution is -0.149. The first-order valence-electron chi connectivity index (χ1n) is 7.44. The second kappa shape index (κ2) is 7.72. The number of morpholine rings is 1. The van der Waals surface area contributed by atoms with Crippen LogP contribution in [-0.2, 0) is 19.1 Å². The standard InChI is InChI=1S/C14H24N2O5/c1-20-14(19)11-2-4-16(5-3-11)13(18)9-15-6-7-21-12(8-15)10-17/h11-12,17H,2-10H2,1H3. The fourth-order valence-corrected chi connectivity index (χ4v) is 2.86. The number of methoxy groups -OCH3 is 1. The summed E-state index contributed by atoms with van der Waals surface area (Å²) in [5.74, 6) is -0.181. The molecule has 0 aliphatic carbocycles. The maximum Gasteiger partial charge on any atom is 0.308 e. The predicted octanol–water partition coefficient (Wildman–Crippen LogP) is -0.909. The highest BCUT2D eigenvalue weighted by atomic mass is 16.5. The largest absolute Gasteiger partial charge is 0.469 e. The number of amides is 1. The predicted molar refractivity (Wildman–Crippen MR) is 74.6 cm³/mol. The monoisotopic (exact) mass is 300 g/mol. The molecule has 2 aliphatic rings. The van der Waals surface area contributed by atoms with Crippen molar-refractivity contribution in [3.05, 3.63) is 0 Å². The zero-order valence-electron chi connectivity index (χ0n) is 12.5. The van der Waals surface area contributed by atoms with E-state index < -0.39 is 0 Å². The third kappa shape index (κ3) is 4.39. The van der Waals surface area contributed by atoms with Crippen molar-refractivity contribution in [2.45, 2.75) is 18.9 Å². The van der Waals surface area contributed by atoms with E-state index in [1.807, 2.05) is 9.80 Å².